The minimum atomic E-state index is -3.84. The predicted octanol–water partition coefficient (Wildman–Crippen LogP) is 2.08. The van der Waals surface area contributed by atoms with Gasteiger partial charge < -0.3 is 14.4 Å². The zero-order valence-electron chi connectivity index (χ0n) is 17.3. The summed E-state index contributed by atoms with van der Waals surface area (Å²) >= 11 is 0. The predicted molar refractivity (Wildman–Crippen MR) is 111 cm³/mol. The molecule has 1 aliphatic heterocycles. The molecule has 0 fully saturated rings. The van der Waals surface area contributed by atoms with E-state index in [-0.39, 0.29) is 22.1 Å². The third kappa shape index (κ3) is 4.03. The van der Waals surface area contributed by atoms with Crippen LogP contribution < -0.4 is 9.64 Å². The fraction of sp³-hybridized carbons (Fsp3) is 0.333. The third-order valence-corrected chi connectivity index (χ3v) is 6.78. The van der Waals surface area contributed by atoms with E-state index in [1.807, 2.05) is 24.3 Å². The molecule has 9 heteroatoms. The highest BCUT2D eigenvalue weighted by Gasteiger charge is 2.31. The minimum Gasteiger partial charge on any atom is -0.495 e. The molecule has 1 aliphatic rings. The molecule has 0 radical (unpaired) electrons. The second-order valence-electron chi connectivity index (χ2n) is 7.07. The number of hydrogen-bond donors (Lipinski definition) is 0. The van der Waals surface area contributed by atoms with Crippen LogP contribution in [0.2, 0.25) is 0 Å². The van der Waals surface area contributed by atoms with Crippen LogP contribution in [0.3, 0.4) is 0 Å². The molecule has 0 unspecified atom stereocenters. The summed E-state index contributed by atoms with van der Waals surface area (Å²) in [5, 5.41) is 0. The van der Waals surface area contributed by atoms with Gasteiger partial charge in [-0.2, -0.15) is 0 Å². The summed E-state index contributed by atoms with van der Waals surface area (Å²) in [6.07, 6.45) is -0.285. The molecule has 0 saturated carbocycles. The number of anilines is 1. The molecule has 8 nitrogen and oxygen atoms in total. The molecule has 30 heavy (non-hydrogen) atoms. The van der Waals surface area contributed by atoms with Crippen LogP contribution in [0, 0.1) is 0 Å². The van der Waals surface area contributed by atoms with Crippen molar-refractivity contribution in [1.29, 1.82) is 0 Å². The van der Waals surface area contributed by atoms with Crippen LogP contribution in [0.5, 0.6) is 5.75 Å². The van der Waals surface area contributed by atoms with Crippen LogP contribution in [-0.4, -0.2) is 58.5 Å². The minimum absolute atomic E-state index is 0.0118. The van der Waals surface area contributed by atoms with Crippen LogP contribution in [0.15, 0.2) is 47.4 Å². The highest BCUT2D eigenvalue weighted by atomic mass is 32.2. The van der Waals surface area contributed by atoms with E-state index >= 15 is 0 Å². The van der Waals surface area contributed by atoms with Crippen molar-refractivity contribution in [3.05, 3.63) is 53.6 Å². The first-order valence-corrected chi connectivity index (χ1v) is 10.8. The largest absolute Gasteiger partial charge is 0.495 e. The van der Waals surface area contributed by atoms with Crippen molar-refractivity contribution in [2.24, 2.45) is 0 Å². The van der Waals surface area contributed by atoms with E-state index in [1.165, 1.54) is 46.3 Å². The van der Waals surface area contributed by atoms with Crippen molar-refractivity contribution in [1.82, 2.24) is 4.31 Å². The van der Waals surface area contributed by atoms with Crippen LogP contribution in [0.1, 0.15) is 22.8 Å². The molecule has 0 bridgehead atoms. The summed E-state index contributed by atoms with van der Waals surface area (Å²) in [6, 6.07) is 11.6. The second-order valence-corrected chi connectivity index (χ2v) is 9.19. The van der Waals surface area contributed by atoms with Gasteiger partial charge in [-0.25, -0.2) is 17.5 Å². The van der Waals surface area contributed by atoms with Crippen molar-refractivity contribution in [2.75, 3.05) is 32.6 Å². The Kier molecular flexibility index (Phi) is 6.14. The van der Waals surface area contributed by atoms with Gasteiger partial charge in [-0.3, -0.25) is 4.79 Å². The highest BCUT2D eigenvalue weighted by Crippen LogP contribution is 2.29. The second kappa shape index (κ2) is 8.45. The zero-order chi connectivity index (χ0) is 22.1. The first-order valence-electron chi connectivity index (χ1n) is 9.37. The van der Waals surface area contributed by atoms with E-state index in [2.05, 4.69) is 0 Å². The Morgan fingerprint density at radius 3 is 2.50 bits per heavy atom. The number of fused-ring (bicyclic) bond motifs is 1. The summed E-state index contributed by atoms with van der Waals surface area (Å²) in [7, 11) is 0.269. The van der Waals surface area contributed by atoms with Gasteiger partial charge in [0.2, 0.25) is 10.0 Å². The van der Waals surface area contributed by atoms with Crippen molar-refractivity contribution in [2.45, 2.75) is 24.3 Å². The molecule has 0 aliphatic carbocycles. The van der Waals surface area contributed by atoms with E-state index in [4.69, 9.17) is 9.47 Å². The van der Waals surface area contributed by atoms with Crippen molar-refractivity contribution < 1.29 is 27.5 Å². The topological polar surface area (TPSA) is 93.2 Å². The molecule has 2 aromatic carbocycles. The first kappa shape index (κ1) is 21.8. The number of hydrogen-bond acceptors (Lipinski definition) is 6. The maximum absolute atomic E-state index is 12.8. The number of benzene rings is 2. The number of sulfonamides is 1. The average Bonchev–Trinajstić information content (AvgIpc) is 3.16. The normalized spacial score (nSPS) is 14.4. The lowest BCUT2D eigenvalue weighted by molar-refractivity contribution is -0.126. The number of esters is 1. The molecule has 1 amide bonds. The van der Waals surface area contributed by atoms with Gasteiger partial charge in [-0.1, -0.05) is 18.2 Å². The molecule has 0 saturated heterocycles. The van der Waals surface area contributed by atoms with Crippen molar-refractivity contribution in [3.8, 4) is 5.75 Å². The summed E-state index contributed by atoms with van der Waals surface area (Å²) in [5.74, 6) is -1.01. The van der Waals surface area contributed by atoms with Crippen LogP contribution >= 0.6 is 0 Å². The fourth-order valence-corrected chi connectivity index (χ4v) is 4.34. The van der Waals surface area contributed by atoms with E-state index in [9.17, 15) is 18.0 Å². The Morgan fingerprint density at radius 2 is 1.83 bits per heavy atom. The number of amides is 1. The molecule has 0 aromatic heterocycles. The van der Waals surface area contributed by atoms with Gasteiger partial charge in [0.15, 0.2) is 6.10 Å². The number of methoxy groups -OCH3 is 1. The summed E-state index contributed by atoms with van der Waals surface area (Å²) in [6.45, 7) is 2.02. The Bertz CT molecular complexity index is 1080. The number of carbonyl (C=O) groups excluding carboxylic acids is 2. The van der Waals surface area contributed by atoms with Gasteiger partial charge in [-0.15, -0.1) is 0 Å². The number of rotatable bonds is 6. The molecule has 0 spiro atoms. The van der Waals surface area contributed by atoms with Crippen LogP contribution in [-0.2, 0) is 26.0 Å². The van der Waals surface area contributed by atoms with Crippen LogP contribution in [0.25, 0.3) is 0 Å². The molecule has 0 N–H and O–H groups in total. The Balaban J connectivity index is 1.80. The van der Waals surface area contributed by atoms with E-state index < -0.39 is 22.1 Å². The number of carbonyl (C=O) groups is 2. The van der Waals surface area contributed by atoms with Gasteiger partial charge in [0.25, 0.3) is 5.91 Å². The molecular formula is C21H24N2O6S. The van der Waals surface area contributed by atoms with Gasteiger partial charge in [0, 0.05) is 26.3 Å². The molecule has 3 rings (SSSR count). The fourth-order valence-electron chi connectivity index (χ4n) is 3.27. The lowest BCUT2D eigenvalue weighted by atomic mass is 10.2. The van der Waals surface area contributed by atoms with E-state index in [0.29, 0.717) is 6.54 Å². The lowest BCUT2D eigenvalue weighted by Gasteiger charge is -2.22. The lowest BCUT2D eigenvalue weighted by Crippen LogP contribution is -2.39. The Labute approximate surface area is 176 Å². The maximum Gasteiger partial charge on any atom is 0.338 e. The molecule has 1 heterocycles. The molecule has 2 aromatic rings. The Hall–Kier alpha value is -2.91. The van der Waals surface area contributed by atoms with Crippen molar-refractivity contribution >= 4 is 27.6 Å². The van der Waals surface area contributed by atoms with Crippen molar-refractivity contribution in [3.63, 3.8) is 0 Å². The van der Waals surface area contributed by atoms with E-state index in [0.717, 1.165) is 22.0 Å². The highest BCUT2D eigenvalue weighted by molar-refractivity contribution is 7.89. The quantitative estimate of drug-likeness (QED) is 0.649. The molecule has 160 valence electrons. The average molecular weight is 432 g/mol. The Morgan fingerprint density at radius 1 is 1.13 bits per heavy atom. The smallest absolute Gasteiger partial charge is 0.338 e. The third-order valence-electron chi connectivity index (χ3n) is 4.94. The zero-order valence-corrected chi connectivity index (χ0v) is 18.1. The monoisotopic (exact) mass is 432 g/mol. The standard InChI is InChI=1S/C21H24N2O6S/c1-14(20(24)23-12-11-15-7-5-6-8-17(15)23)29-21(25)16-9-10-18(28-4)19(13-16)30(26,27)22(2)3/h5-10,13-14H,11-12H2,1-4H3/t14-/m1/s1. The molecular weight excluding hydrogens is 408 g/mol. The van der Waals surface area contributed by atoms with E-state index in [1.54, 1.807) is 4.90 Å². The summed E-state index contributed by atoms with van der Waals surface area (Å²) < 4.78 is 36.6. The SMILES string of the molecule is COc1ccc(C(=O)O[C@H](C)C(=O)N2CCc3ccccc32)cc1S(=O)(=O)N(C)C. The van der Waals surface area contributed by atoms with Gasteiger partial charge >= 0.3 is 5.97 Å². The first-order chi connectivity index (χ1) is 14.2. The summed E-state index contributed by atoms with van der Waals surface area (Å²) in [4.78, 5) is 26.9. The summed E-state index contributed by atoms with van der Waals surface area (Å²) in [5.41, 5.74) is 1.89. The number of ether oxygens (including phenoxy) is 2. The van der Waals surface area contributed by atoms with Gasteiger partial charge in [0.1, 0.15) is 10.6 Å². The van der Waals surface area contributed by atoms with Gasteiger partial charge in [0.05, 0.1) is 12.7 Å². The number of para-hydroxylation sites is 1. The number of nitrogens with zero attached hydrogens (tertiary/aromatic N) is 2. The van der Waals surface area contributed by atoms with Crippen LogP contribution in [0.4, 0.5) is 5.69 Å². The molecule has 1 atom stereocenters. The maximum atomic E-state index is 12.8. The van der Waals surface area contributed by atoms with Gasteiger partial charge in [-0.05, 0) is 43.2 Å².